The summed E-state index contributed by atoms with van der Waals surface area (Å²) < 4.78 is 11.0. The maximum absolute atomic E-state index is 12.3. The fraction of sp³-hybridized carbons (Fsp3) is 0.167. The first kappa shape index (κ1) is 18.4. The Labute approximate surface area is 151 Å². The van der Waals surface area contributed by atoms with E-state index in [-0.39, 0.29) is 5.11 Å². The SMILES string of the molecule is CCOc1cc(C=NNC(N)=S)ccc1OC(=O)c1cccc(C)c1. The first-order chi connectivity index (χ1) is 12.0. The van der Waals surface area contributed by atoms with Crippen molar-refractivity contribution in [3.63, 3.8) is 0 Å². The van der Waals surface area contributed by atoms with Crippen LogP contribution in [0.5, 0.6) is 11.5 Å². The van der Waals surface area contributed by atoms with Crippen molar-refractivity contribution < 1.29 is 14.3 Å². The van der Waals surface area contributed by atoms with E-state index in [9.17, 15) is 4.79 Å². The van der Waals surface area contributed by atoms with Crippen LogP contribution in [0.4, 0.5) is 0 Å². The van der Waals surface area contributed by atoms with E-state index in [1.807, 2.05) is 26.0 Å². The number of benzene rings is 2. The second-order valence-electron chi connectivity index (χ2n) is 5.13. The van der Waals surface area contributed by atoms with E-state index in [1.165, 1.54) is 6.21 Å². The molecule has 2 aromatic rings. The van der Waals surface area contributed by atoms with Crippen LogP contribution in [-0.4, -0.2) is 23.9 Å². The standard InChI is InChI=1S/C18H19N3O3S/c1-3-23-16-10-13(11-20-21-18(19)25)7-8-15(16)24-17(22)14-6-4-5-12(2)9-14/h4-11H,3H2,1-2H3,(H3,19,21,25). The highest BCUT2D eigenvalue weighted by molar-refractivity contribution is 7.80. The van der Waals surface area contributed by atoms with Crippen molar-refractivity contribution in [3.05, 3.63) is 59.2 Å². The van der Waals surface area contributed by atoms with Gasteiger partial charge in [0.05, 0.1) is 18.4 Å². The number of thiocarbonyl (C=S) groups is 1. The maximum atomic E-state index is 12.3. The van der Waals surface area contributed by atoms with Crippen LogP contribution in [0.1, 0.15) is 28.4 Å². The molecule has 0 unspecified atom stereocenters. The van der Waals surface area contributed by atoms with Gasteiger partial charge in [0.1, 0.15) is 0 Å². The Hall–Kier alpha value is -2.93. The molecule has 0 aromatic heterocycles. The number of hydrazone groups is 1. The number of nitrogens with zero attached hydrogens (tertiary/aromatic N) is 1. The van der Waals surface area contributed by atoms with Crippen LogP contribution in [-0.2, 0) is 0 Å². The van der Waals surface area contributed by atoms with E-state index < -0.39 is 5.97 Å². The summed E-state index contributed by atoms with van der Waals surface area (Å²) in [6.07, 6.45) is 1.54. The Balaban J connectivity index is 2.20. The number of rotatable bonds is 6. The van der Waals surface area contributed by atoms with Gasteiger partial charge in [-0.25, -0.2) is 4.79 Å². The molecule has 7 heteroatoms. The molecule has 0 atom stereocenters. The van der Waals surface area contributed by atoms with Gasteiger partial charge in [-0.15, -0.1) is 0 Å². The van der Waals surface area contributed by atoms with E-state index in [0.29, 0.717) is 23.7 Å². The zero-order valence-corrected chi connectivity index (χ0v) is 14.8. The topological polar surface area (TPSA) is 85.9 Å². The van der Waals surface area contributed by atoms with E-state index in [1.54, 1.807) is 30.3 Å². The van der Waals surface area contributed by atoms with Gasteiger partial charge in [0, 0.05) is 0 Å². The lowest BCUT2D eigenvalue weighted by molar-refractivity contribution is 0.0728. The van der Waals surface area contributed by atoms with Crippen LogP contribution in [0.2, 0.25) is 0 Å². The van der Waals surface area contributed by atoms with Gasteiger partial charge >= 0.3 is 5.97 Å². The number of hydrogen-bond acceptors (Lipinski definition) is 5. The van der Waals surface area contributed by atoms with Gasteiger partial charge in [-0.3, -0.25) is 5.43 Å². The van der Waals surface area contributed by atoms with Crippen molar-refractivity contribution >= 4 is 29.5 Å². The van der Waals surface area contributed by atoms with Crippen LogP contribution in [0, 0.1) is 6.92 Å². The zero-order chi connectivity index (χ0) is 18.2. The molecule has 0 aliphatic carbocycles. The smallest absolute Gasteiger partial charge is 0.343 e. The quantitative estimate of drug-likeness (QED) is 0.272. The summed E-state index contributed by atoms with van der Waals surface area (Å²) in [6, 6.07) is 12.3. The number of nitrogens with two attached hydrogens (primary N) is 1. The molecule has 0 heterocycles. The predicted octanol–water partition coefficient (Wildman–Crippen LogP) is 2.78. The molecule has 0 radical (unpaired) electrons. The number of ether oxygens (including phenoxy) is 2. The van der Waals surface area contributed by atoms with Crippen molar-refractivity contribution in [3.8, 4) is 11.5 Å². The van der Waals surface area contributed by atoms with Gasteiger partial charge in [0.25, 0.3) is 0 Å². The molecule has 2 aromatic carbocycles. The fourth-order valence-corrected chi connectivity index (χ4v) is 2.11. The van der Waals surface area contributed by atoms with Crippen LogP contribution < -0.4 is 20.6 Å². The van der Waals surface area contributed by atoms with Gasteiger partial charge in [0.15, 0.2) is 16.6 Å². The number of hydrogen-bond donors (Lipinski definition) is 2. The average Bonchev–Trinajstić information content (AvgIpc) is 2.57. The van der Waals surface area contributed by atoms with Crippen molar-refractivity contribution in [1.29, 1.82) is 0 Å². The molecule has 0 spiro atoms. The van der Waals surface area contributed by atoms with E-state index in [4.69, 9.17) is 15.2 Å². The van der Waals surface area contributed by atoms with Gasteiger partial charge in [0.2, 0.25) is 0 Å². The molecule has 130 valence electrons. The number of nitrogens with one attached hydrogen (secondary N) is 1. The van der Waals surface area contributed by atoms with Crippen LogP contribution in [0.15, 0.2) is 47.6 Å². The highest BCUT2D eigenvalue weighted by atomic mass is 32.1. The molecule has 0 saturated carbocycles. The Morgan fingerprint density at radius 2 is 2.08 bits per heavy atom. The highest BCUT2D eigenvalue weighted by Gasteiger charge is 2.13. The Morgan fingerprint density at radius 1 is 1.28 bits per heavy atom. The monoisotopic (exact) mass is 357 g/mol. The number of aryl methyl sites for hydroxylation is 1. The molecular weight excluding hydrogens is 338 g/mol. The van der Waals surface area contributed by atoms with Gasteiger partial charge in [-0.05, 0) is 62.0 Å². The highest BCUT2D eigenvalue weighted by Crippen LogP contribution is 2.29. The van der Waals surface area contributed by atoms with Crippen molar-refractivity contribution in [2.45, 2.75) is 13.8 Å². The van der Waals surface area contributed by atoms with E-state index in [2.05, 4.69) is 22.7 Å². The largest absolute Gasteiger partial charge is 0.490 e. The molecule has 2 rings (SSSR count). The third kappa shape index (κ3) is 5.58. The number of carbonyl (C=O) groups is 1. The van der Waals surface area contributed by atoms with Crippen molar-refractivity contribution in [2.24, 2.45) is 10.8 Å². The Morgan fingerprint density at radius 3 is 2.76 bits per heavy atom. The molecule has 6 nitrogen and oxygen atoms in total. The summed E-state index contributed by atoms with van der Waals surface area (Å²) in [5.74, 6) is 0.344. The minimum atomic E-state index is -0.443. The summed E-state index contributed by atoms with van der Waals surface area (Å²) in [4.78, 5) is 12.3. The van der Waals surface area contributed by atoms with Gasteiger partial charge in [-0.2, -0.15) is 5.10 Å². The molecule has 0 aliphatic rings. The first-order valence-corrected chi connectivity index (χ1v) is 8.04. The summed E-state index contributed by atoms with van der Waals surface area (Å²) in [5, 5.41) is 3.96. The average molecular weight is 357 g/mol. The molecule has 3 N–H and O–H groups in total. The second kappa shape index (κ2) is 8.79. The predicted molar refractivity (Wildman–Crippen MR) is 101 cm³/mol. The third-order valence-electron chi connectivity index (χ3n) is 3.11. The molecule has 0 fully saturated rings. The summed E-state index contributed by atoms with van der Waals surface area (Å²) in [6.45, 7) is 4.19. The Kier molecular flexibility index (Phi) is 6.47. The molecule has 0 bridgehead atoms. The lowest BCUT2D eigenvalue weighted by atomic mass is 10.1. The summed E-state index contributed by atoms with van der Waals surface area (Å²) in [7, 11) is 0. The molecule has 25 heavy (non-hydrogen) atoms. The minimum absolute atomic E-state index is 0.0741. The van der Waals surface area contributed by atoms with Gasteiger partial charge in [-0.1, -0.05) is 17.7 Å². The third-order valence-corrected chi connectivity index (χ3v) is 3.20. The summed E-state index contributed by atoms with van der Waals surface area (Å²) in [5.41, 5.74) is 9.98. The van der Waals surface area contributed by atoms with E-state index in [0.717, 1.165) is 11.1 Å². The lowest BCUT2D eigenvalue weighted by Crippen LogP contribution is -2.23. The van der Waals surface area contributed by atoms with Crippen molar-refractivity contribution in [2.75, 3.05) is 6.61 Å². The number of carbonyl (C=O) groups excluding carboxylic acids is 1. The van der Waals surface area contributed by atoms with Crippen LogP contribution >= 0.6 is 12.2 Å². The minimum Gasteiger partial charge on any atom is -0.490 e. The molecule has 0 saturated heterocycles. The summed E-state index contributed by atoms with van der Waals surface area (Å²) >= 11 is 4.67. The Bertz CT molecular complexity index is 806. The van der Waals surface area contributed by atoms with Crippen molar-refractivity contribution in [1.82, 2.24) is 5.43 Å². The second-order valence-corrected chi connectivity index (χ2v) is 5.57. The van der Waals surface area contributed by atoms with Crippen LogP contribution in [0.3, 0.4) is 0 Å². The molecular formula is C18H19N3O3S. The molecule has 0 amide bonds. The normalized spacial score (nSPS) is 10.5. The zero-order valence-electron chi connectivity index (χ0n) is 14.0. The van der Waals surface area contributed by atoms with Crippen LogP contribution in [0.25, 0.3) is 0 Å². The lowest BCUT2D eigenvalue weighted by Gasteiger charge is -2.11. The first-order valence-electron chi connectivity index (χ1n) is 7.63. The molecule has 0 aliphatic heterocycles. The van der Waals surface area contributed by atoms with E-state index >= 15 is 0 Å². The fourth-order valence-electron chi connectivity index (χ4n) is 2.06. The maximum Gasteiger partial charge on any atom is 0.343 e. The number of esters is 1. The van der Waals surface area contributed by atoms with Gasteiger partial charge < -0.3 is 15.2 Å².